The second-order valence-corrected chi connectivity index (χ2v) is 10.0. The molecule has 0 aromatic heterocycles. The van der Waals surface area contributed by atoms with Crippen LogP contribution in [0, 0.1) is 0 Å². The first kappa shape index (κ1) is 28.2. The van der Waals surface area contributed by atoms with Crippen LogP contribution in [0.5, 0.6) is 0 Å². The van der Waals surface area contributed by atoms with Gasteiger partial charge in [0.2, 0.25) is 0 Å². The molecule has 0 aliphatic carbocycles. The zero-order valence-corrected chi connectivity index (χ0v) is 22.2. The van der Waals surface area contributed by atoms with Crippen LogP contribution >= 0.6 is 0 Å². The van der Waals surface area contributed by atoms with E-state index in [2.05, 4.69) is 73.0 Å². The molecule has 0 heterocycles. The number of hydrogen-bond acceptors (Lipinski definition) is 1. The second-order valence-electron chi connectivity index (χ2n) is 10.0. The van der Waals surface area contributed by atoms with Gasteiger partial charge in [-0.15, -0.1) is 0 Å². The highest BCUT2D eigenvalue weighted by molar-refractivity contribution is 5.55. The first-order valence-corrected chi connectivity index (χ1v) is 14.3. The number of rotatable bonds is 21. The molecular weight excluding hydrogens is 410 g/mol. The maximum absolute atomic E-state index is 3.88. The van der Waals surface area contributed by atoms with E-state index >= 15 is 0 Å². The lowest BCUT2D eigenvalue weighted by molar-refractivity contribution is 0.529. The van der Waals surface area contributed by atoms with Gasteiger partial charge in [0.05, 0.1) is 0 Å². The third-order valence-electron chi connectivity index (χ3n) is 6.99. The Kier molecular flexibility index (Phi) is 16.0. The van der Waals surface area contributed by atoms with Crippen LogP contribution in [-0.4, -0.2) is 6.54 Å². The Morgan fingerprint density at radius 3 is 1.53 bits per heavy atom. The molecule has 0 aliphatic heterocycles. The Bertz CT molecular complexity index is 718. The van der Waals surface area contributed by atoms with Gasteiger partial charge in [0.15, 0.2) is 0 Å². The molecule has 0 radical (unpaired) electrons. The fourth-order valence-electron chi connectivity index (χ4n) is 4.78. The molecular formula is C33H51N. The van der Waals surface area contributed by atoms with E-state index in [1.165, 1.54) is 120 Å². The van der Waals surface area contributed by atoms with Crippen molar-refractivity contribution >= 4 is 11.8 Å². The maximum atomic E-state index is 3.88. The lowest BCUT2D eigenvalue weighted by Gasteiger charge is -2.25. The quantitative estimate of drug-likeness (QED) is 0.167. The summed E-state index contributed by atoms with van der Waals surface area (Å²) >= 11 is 0. The van der Waals surface area contributed by atoms with E-state index in [9.17, 15) is 0 Å². The van der Waals surface area contributed by atoms with Gasteiger partial charge < -0.3 is 4.90 Å². The van der Waals surface area contributed by atoms with Crippen molar-refractivity contribution in [2.75, 3.05) is 11.4 Å². The molecule has 0 saturated heterocycles. The van der Waals surface area contributed by atoms with Crippen molar-refractivity contribution in [2.24, 2.45) is 0 Å². The molecule has 1 nitrogen and oxygen atoms in total. The highest BCUT2D eigenvalue weighted by Crippen LogP contribution is 2.20. The number of hydrogen-bond donors (Lipinski definition) is 0. The van der Waals surface area contributed by atoms with Crippen LogP contribution in [-0.2, 0) is 6.54 Å². The maximum Gasteiger partial charge on any atom is 0.0429 e. The van der Waals surface area contributed by atoms with Crippen LogP contribution in [0.4, 0.5) is 5.69 Å². The monoisotopic (exact) mass is 461 g/mol. The van der Waals surface area contributed by atoms with Crippen molar-refractivity contribution in [1.29, 1.82) is 0 Å². The van der Waals surface area contributed by atoms with Gasteiger partial charge >= 0.3 is 0 Å². The SMILES string of the molecule is C=Cc1ccc(N(CCCCCCCCCCCCCCCCCC)Cc2ccccc2)cc1. The number of nitrogens with zero attached hydrogens (tertiary/aromatic N) is 1. The molecule has 0 spiro atoms. The van der Waals surface area contributed by atoms with Crippen LogP contribution in [0.25, 0.3) is 6.08 Å². The van der Waals surface area contributed by atoms with E-state index in [1.54, 1.807) is 0 Å². The van der Waals surface area contributed by atoms with Gasteiger partial charge in [-0.1, -0.05) is 158 Å². The van der Waals surface area contributed by atoms with Gasteiger partial charge in [-0.3, -0.25) is 0 Å². The molecule has 0 aliphatic rings. The molecule has 34 heavy (non-hydrogen) atoms. The van der Waals surface area contributed by atoms with E-state index in [-0.39, 0.29) is 0 Å². The van der Waals surface area contributed by atoms with Crippen LogP contribution in [0.1, 0.15) is 121 Å². The summed E-state index contributed by atoms with van der Waals surface area (Å²) in [5, 5.41) is 0. The fourth-order valence-corrected chi connectivity index (χ4v) is 4.78. The van der Waals surface area contributed by atoms with Crippen LogP contribution in [0.15, 0.2) is 61.2 Å². The molecule has 0 bridgehead atoms. The van der Waals surface area contributed by atoms with Gasteiger partial charge in [-0.25, -0.2) is 0 Å². The van der Waals surface area contributed by atoms with E-state index < -0.39 is 0 Å². The Hall–Kier alpha value is -2.02. The highest BCUT2D eigenvalue weighted by atomic mass is 15.1. The Labute approximate surface area is 211 Å². The summed E-state index contributed by atoms with van der Waals surface area (Å²) < 4.78 is 0. The van der Waals surface area contributed by atoms with Gasteiger partial charge in [-0.05, 0) is 29.7 Å². The lowest BCUT2D eigenvalue weighted by atomic mass is 10.0. The Morgan fingerprint density at radius 1 is 0.588 bits per heavy atom. The smallest absolute Gasteiger partial charge is 0.0429 e. The molecule has 2 aromatic carbocycles. The van der Waals surface area contributed by atoms with E-state index in [0.29, 0.717) is 0 Å². The first-order chi connectivity index (χ1) is 16.8. The second kappa shape index (κ2) is 19.3. The minimum atomic E-state index is 0.979. The summed E-state index contributed by atoms with van der Waals surface area (Å²) in [6.07, 6.45) is 24.6. The molecule has 0 N–H and O–H groups in total. The number of anilines is 1. The van der Waals surface area contributed by atoms with E-state index in [1.807, 2.05) is 6.08 Å². The fraction of sp³-hybridized carbons (Fsp3) is 0.576. The van der Waals surface area contributed by atoms with E-state index in [4.69, 9.17) is 0 Å². The normalized spacial score (nSPS) is 11.0. The van der Waals surface area contributed by atoms with Gasteiger partial charge in [0, 0.05) is 18.8 Å². The molecule has 0 atom stereocenters. The summed E-state index contributed by atoms with van der Waals surface area (Å²) in [5.41, 5.74) is 3.88. The predicted molar refractivity (Wildman–Crippen MR) is 154 cm³/mol. The van der Waals surface area contributed by atoms with Crippen molar-refractivity contribution in [3.63, 3.8) is 0 Å². The molecule has 188 valence electrons. The third-order valence-corrected chi connectivity index (χ3v) is 6.99. The molecule has 1 heteroatoms. The van der Waals surface area contributed by atoms with Crippen molar-refractivity contribution in [1.82, 2.24) is 0 Å². The Morgan fingerprint density at radius 2 is 1.06 bits per heavy atom. The lowest BCUT2D eigenvalue weighted by Crippen LogP contribution is -2.23. The molecule has 2 rings (SSSR count). The Balaban J connectivity index is 1.53. The number of benzene rings is 2. The molecule has 0 amide bonds. The summed E-state index contributed by atoms with van der Waals surface area (Å²) in [4.78, 5) is 2.53. The summed E-state index contributed by atoms with van der Waals surface area (Å²) in [7, 11) is 0. The summed E-state index contributed by atoms with van der Waals surface area (Å²) in [6, 6.07) is 19.7. The van der Waals surface area contributed by atoms with Crippen molar-refractivity contribution in [3.8, 4) is 0 Å². The van der Waals surface area contributed by atoms with Gasteiger partial charge in [0.25, 0.3) is 0 Å². The highest BCUT2D eigenvalue weighted by Gasteiger charge is 2.07. The molecule has 2 aromatic rings. The van der Waals surface area contributed by atoms with Gasteiger partial charge in [0.1, 0.15) is 0 Å². The first-order valence-electron chi connectivity index (χ1n) is 14.3. The number of unbranched alkanes of at least 4 members (excludes halogenated alkanes) is 15. The van der Waals surface area contributed by atoms with Crippen LogP contribution in [0.2, 0.25) is 0 Å². The van der Waals surface area contributed by atoms with Crippen LogP contribution < -0.4 is 4.90 Å². The van der Waals surface area contributed by atoms with Crippen molar-refractivity contribution < 1.29 is 0 Å². The van der Waals surface area contributed by atoms with Gasteiger partial charge in [-0.2, -0.15) is 0 Å². The zero-order valence-electron chi connectivity index (χ0n) is 22.2. The summed E-state index contributed by atoms with van der Waals surface area (Å²) in [6.45, 7) is 8.29. The third kappa shape index (κ3) is 13.0. The zero-order chi connectivity index (χ0) is 24.1. The minimum Gasteiger partial charge on any atom is -0.367 e. The van der Waals surface area contributed by atoms with Crippen LogP contribution in [0.3, 0.4) is 0 Å². The van der Waals surface area contributed by atoms with E-state index in [0.717, 1.165) is 13.1 Å². The molecule has 0 saturated carbocycles. The largest absolute Gasteiger partial charge is 0.367 e. The summed E-state index contributed by atoms with van der Waals surface area (Å²) in [5.74, 6) is 0. The predicted octanol–water partition coefficient (Wildman–Crippen LogP) is 10.6. The van der Waals surface area contributed by atoms with Crippen molar-refractivity contribution in [2.45, 2.75) is 116 Å². The minimum absolute atomic E-state index is 0.979. The average molecular weight is 462 g/mol. The average Bonchev–Trinajstić information content (AvgIpc) is 2.88. The topological polar surface area (TPSA) is 3.24 Å². The molecule has 0 fully saturated rings. The molecule has 0 unspecified atom stereocenters. The standard InChI is InChI=1S/C33H51N/c1-3-5-6-7-8-9-10-11-12-13-14-15-16-17-18-22-29-34(30-32-23-20-19-21-24-32)33-27-25-31(4-2)26-28-33/h4,19-21,23-28H,2-3,5-18,22,29-30H2,1H3. The van der Waals surface area contributed by atoms with Crippen molar-refractivity contribution in [3.05, 3.63) is 72.3 Å².